The molecule has 1 aromatic heterocycles. The van der Waals surface area contributed by atoms with E-state index in [9.17, 15) is 20.0 Å². The maximum atomic E-state index is 11.9. The maximum absolute atomic E-state index is 11.9. The quantitative estimate of drug-likeness (QED) is 0.503. The molecule has 2 unspecified atom stereocenters. The van der Waals surface area contributed by atoms with Crippen LogP contribution in [-0.4, -0.2) is 28.5 Å². The second-order valence-corrected chi connectivity index (χ2v) is 5.36. The number of nitro benzene ring substituents is 1. The number of hydrogen-bond donors (Lipinski definition) is 3. The fourth-order valence-corrected chi connectivity index (χ4v) is 2.27. The molecule has 0 aliphatic rings. The van der Waals surface area contributed by atoms with Crippen molar-refractivity contribution in [2.24, 2.45) is 0 Å². The van der Waals surface area contributed by atoms with E-state index in [-0.39, 0.29) is 29.9 Å². The van der Waals surface area contributed by atoms with Gasteiger partial charge in [0.25, 0.3) is 5.69 Å². The zero-order valence-electron chi connectivity index (χ0n) is 13.1. The van der Waals surface area contributed by atoms with Crippen molar-refractivity contribution >= 4 is 17.3 Å². The maximum Gasteiger partial charge on any atom is 0.292 e. The highest BCUT2D eigenvalue weighted by molar-refractivity contribution is 5.81. The number of carbonyl (C=O) groups excluding carboxylic acids is 1. The van der Waals surface area contributed by atoms with E-state index in [1.165, 1.54) is 18.4 Å². The number of rotatable bonds is 8. The Bertz CT molecular complexity index is 687. The summed E-state index contributed by atoms with van der Waals surface area (Å²) in [6.45, 7) is 1.65. The molecule has 128 valence electrons. The molecule has 0 aliphatic carbocycles. The number of carbonyl (C=O) groups is 1. The predicted molar refractivity (Wildman–Crippen MR) is 87.5 cm³/mol. The van der Waals surface area contributed by atoms with Gasteiger partial charge in [0, 0.05) is 18.5 Å². The van der Waals surface area contributed by atoms with Gasteiger partial charge in [0.15, 0.2) is 0 Å². The molecule has 0 spiro atoms. The van der Waals surface area contributed by atoms with Gasteiger partial charge < -0.3 is 20.2 Å². The number of nitrogens with one attached hydrogen (secondary N) is 2. The van der Waals surface area contributed by atoms with Crippen molar-refractivity contribution in [3.8, 4) is 0 Å². The Morgan fingerprint density at radius 1 is 1.33 bits per heavy atom. The van der Waals surface area contributed by atoms with Crippen LogP contribution in [0.25, 0.3) is 0 Å². The SMILES string of the molecule is CC(CC(O)c1ccco1)NC(=O)CNc1ccccc1[N+](=O)[O-]. The predicted octanol–water partition coefficient (Wildman–Crippen LogP) is 2.23. The number of nitrogens with zero attached hydrogens (tertiary/aromatic N) is 1. The topological polar surface area (TPSA) is 118 Å². The smallest absolute Gasteiger partial charge is 0.292 e. The van der Waals surface area contributed by atoms with Crippen molar-refractivity contribution in [2.45, 2.75) is 25.5 Å². The lowest BCUT2D eigenvalue weighted by molar-refractivity contribution is -0.383. The summed E-state index contributed by atoms with van der Waals surface area (Å²) in [6.07, 6.45) is 0.960. The first-order chi connectivity index (χ1) is 11.5. The molecule has 2 atom stereocenters. The number of para-hydroxylation sites is 2. The standard InChI is InChI=1S/C16H19N3O5/c1-11(9-14(20)15-7-4-8-24-15)18-16(21)10-17-12-5-2-3-6-13(12)19(22)23/h2-8,11,14,17,20H,9-10H2,1H3,(H,18,21). The fourth-order valence-electron chi connectivity index (χ4n) is 2.27. The zero-order chi connectivity index (χ0) is 17.5. The van der Waals surface area contributed by atoms with Crippen LogP contribution in [0.15, 0.2) is 47.1 Å². The van der Waals surface area contributed by atoms with Gasteiger partial charge >= 0.3 is 0 Å². The number of anilines is 1. The fraction of sp³-hybridized carbons (Fsp3) is 0.312. The number of benzene rings is 1. The van der Waals surface area contributed by atoms with Gasteiger partial charge in [0.1, 0.15) is 17.6 Å². The molecule has 0 bridgehead atoms. The van der Waals surface area contributed by atoms with E-state index in [1.807, 2.05) is 0 Å². The Labute approximate surface area is 138 Å². The molecule has 8 nitrogen and oxygen atoms in total. The van der Waals surface area contributed by atoms with Gasteiger partial charge in [-0.05, 0) is 25.1 Å². The average Bonchev–Trinajstić information content (AvgIpc) is 3.07. The molecule has 1 aromatic carbocycles. The van der Waals surface area contributed by atoms with Gasteiger partial charge in [-0.1, -0.05) is 12.1 Å². The molecule has 0 saturated carbocycles. The van der Waals surface area contributed by atoms with Gasteiger partial charge in [0.05, 0.1) is 17.7 Å². The third-order valence-electron chi connectivity index (χ3n) is 3.40. The zero-order valence-corrected chi connectivity index (χ0v) is 13.1. The first kappa shape index (κ1) is 17.5. The van der Waals surface area contributed by atoms with Gasteiger partial charge in [-0.3, -0.25) is 14.9 Å². The minimum absolute atomic E-state index is 0.0911. The number of furan rings is 1. The highest BCUT2D eigenvalue weighted by Crippen LogP contribution is 2.22. The highest BCUT2D eigenvalue weighted by atomic mass is 16.6. The Balaban J connectivity index is 1.82. The van der Waals surface area contributed by atoms with Gasteiger partial charge in [-0.2, -0.15) is 0 Å². The van der Waals surface area contributed by atoms with Gasteiger partial charge in [-0.25, -0.2) is 0 Å². The summed E-state index contributed by atoms with van der Waals surface area (Å²) in [7, 11) is 0. The van der Waals surface area contributed by atoms with Crippen molar-refractivity contribution in [1.29, 1.82) is 0 Å². The Kier molecular flexibility index (Phi) is 5.91. The van der Waals surface area contributed by atoms with Crippen molar-refractivity contribution < 1.29 is 19.2 Å². The van der Waals surface area contributed by atoms with E-state index in [4.69, 9.17) is 4.42 Å². The second kappa shape index (κ2) is 8.11. The van der Waals surface area contributed by atoms with Crippen molar-refractivity contribution in [3.05, 3.63) is 58.5 Å². The van der Waals surface area contributed by atoms with Crippen molar-refractivity contribution in [1.82, 2.24) is 5.32 Å². The normalized spacial score (nSPS) is 13.1. The second-order valence-electron chi connectivity index (χ2n) is 5.36. The molecule has 2 aromatic rings. The van der Waals surface area contributed by atoms with E-state index in [2.05, 4.69) is 10.6 Å². The third-order valence-corrected chi connectivity index (χ3v) is 3.40. The molecule has 0 saturated heterocycles. The molecular weight excluding hydrogens is 314 g/mol. The molecular formula is C16H19N3O5. The van der Waals surface area contributed by atoms with Gasteiger partial charge in [0.2, 0.25) is 5.91 Å². The lowest BCUT2D eigenvalue weighted by Gasteiger charge is -2.17. The largest absolute Gasteiger partial charge is 0.467 e. The molecule has 2 rings (SSSR count). The summed E-state index contributed by atoms with van der Waals surface area (Å²) in [4.78, 5) is 22.3. The summed E-state index contributed by atoms with van der Waals surface area (Å²) in [5.74, 6) is 0.112. The molecule has 0 fully saturated rings. The van der Waals surface area contributed by atoms with E-state index in [1.54, 1.807) is 31.2 Å². The number of hydrogen-bond acceptors (Lipinski definition) is 6. The number of nitro groups is 1. The van der Waals surface area contributed by atoms with Gasteiger partial charge in [-0.15, -0.1) is 0 Å². The minimum atomic E-state index is -0.807. The van der Waals surface area contributed by atoms with E-state index >= 15 is 0 Å². The van der Waals surface area contributed by atoms with Crippen LogP contribution >= 0.6 is 0 Å². The van der Waals surface area contributed by atoms with Crippen LogP contribution in [0.3, 0.4) is 0 Å². The van der Waals surface area contributed by atoms with Crippen LogP contribution in [0.5, 0.6) is 0 Å². The third kappa shape index (κ3) is 4.82. The number of amides is 1. The number of aliphatic hydroxyl groups excluding tert-OH is 1. The summed E-state index contributed by atoms with van der Waals surface area (Å²) < 4.78 is 5.10. The van der Waals surface area contributed by atoms with E-state index < -0.39 is 11.0 Å². The summed E-state index contributed by atoms with van der Waals surface area (Å²) >= 11 is 0. The monoisotopic (exact) mass is 333 g/mol. The lowest BCUT2D eigenvalue weighted by atomic mass is 10.1. The van der Waals surface area contributed by atoms with Crippen LogP contribution < -0.4 is 10.6 Å². The molecule has 1 heterocycles. The van der Waals surface area contributed by atoms with Crippen molar-refractivity contribution in [2.75, 3.05) is 11.9 Å². The highest BCUT2D eigenvalue weighted by Gasteiger charge is 2.17. The molecule has 3 N–H and O–H groups in total. The summed E-state index contributed by atoms with van der Waals surface area (Å²) in [6, 6.07) is 9.16. The molecule has 1 amide bonds. The molecule has 8 heteroatoms. The Morgan fingerprint density at radius 3 is 2.75 bits per heavy atom. The first-order valence-electron chi connectivity index (χ1n) is 7.45. The van der Waals surface area contributed by atoms with Crippen LogP contribution in [0.4, 0.5) is 11.4 Å². The number of aliphatic hydroxyl groups is 1. The Morgan fingerprint density at radius 2 is 2.08 bits per heavy atom. The van der Waals surface area contributed by atoms with E-state index in [0.717, 1.165) is 0 Å². The van der Waals surface area contributed by atoms with Crippen molar-refractivity contribution in [3.63, 3.8) is 0 Å². The van der Waals surface area contributed by atoms with Crippen LogP contribution in [-0.2, 0) is 4.79 Å². The van der Waals surface area contributed by atoms with Crippen LogP contribution in [0, 0.1) is 10.1 Å². The molecule has 0 radical (unpaired) electrons. The summed E-state index contributed by atoms with van der Waals surface area (Å²) in [5.41, 5.74) is 0.188. The molecule has 24 heavy (non-hydrogen) atoms. The Hall–Kier alpha value is -2.87. The van der Waals surface area contributed by atoms with E-state index in [0.29, 0.717) is 12.2 Å². The van der Waals surface area contributed by atoms with Crippen LogP contribution in [0.2, 0.25) is 0 Å². The average molecular weight is 333 g/mol. The lowest BCUT2D eigenvalue weighted by Crippen LogP contribution is -2.37. The molecule has 0 aliphatic heterocycles. The first-order valence-corrected chi connectivity index (χ1v) is 7.45. The van der Waals surface area contributed by atoms with Crippen LogP contribution in [0.1, 0.15) is 25.2 Å². The summed E-state index contributed by atoms with van der Waals surface area (Å²) in [5, 5.41) is 26.3. The minimum Gasteiger partial charge on any atom is -0.467 e.